The first-order valence-corrected chi connectivity index (χ1v) is 10.2. The van der Waals surface area contributed by atoms with Gasteiger partial charge in [0.2, 0.25) is 0 Å². The Labute approximate surface area is 156 Å². The molecule has 2 aliphatic carbocycles. The van der Waals surface area contributed by atoms with E-state index in [1.54, 1.807) is 4.90 Å². The third-order valence-electron chi connectivity index (χ3n) is 6.52. The molecule has 5 heteroatoms. The number of amides is 1. The van der Waals surface area contributed by atoms with Crippen molar-refractivity contribution >= 4 is 17.7 Å². The van der Waals surface area contributed by atoms with E-state index in [2.05, 4.69) is 6.92 Å². The molecule has 26 heavy (non-hydrogen) atoms. The van der Waals surface area contributed by atoms with Crippen molar-refractivity contribution in [3.8, 4) is 0 Å². The minimum absolute atomic E-state index is 0.133. The highest BCUT2D eigenvalue weighted by molar-refractivity contribution is 5.97. The standard InChI is InChI=1S/C21H33NO4/c1-14-11-15-13-17(23)16-7-5-9-22(19(25)26-20(2,3)4)10-6-8-21(15,16)18(24)12-14/h14-16H,5-13H2,1-4H3/t14-,15+,16?,21+/m1/s1. The molecule has 0 aromatic heterocycles. The zero-order valence-electron chi connectivity index (χ0n) is 16.7. The maximum atomic E-state index is 13.1. The van der Waals surface area contributed by atoms with E-state index in [1.165, 1.54) is 0 Å². The van der Waals surface area contributed by atoms with Crippen molar-refractivity contribution in [2.24, 2.45) is 23.2 Å². The summed E-state index contributed by atoms with van der Waals surface area (Å²) in [4.78, 5) is 40.1. The molecule has 4 atom stereocenters. The van der Waals surface area contributed by atoms with Crippen molar-refractivity contribution in [1.82, 2.24) is 4.90 Å². The van der Waals surface area contributed by atoms with Crippen LogP contribution in [0.25, 0.3) is 0 Å². The van der Waals surface area contributed by atoms with Gasteiger partial charge in [-0.05, 0) is 64.7 Å². The summed E-state index contributed by atoms with van der Waals surface area (Å²) in [5.41, 5.74) is -0.964. The van der Waals surface area contributed by atoms with Crippen LogP contribution < -0.4 is 0 Å². The first-order chi connectivity index (χ1) is 12.1. The lowest BCUT2D eigenvalue weighted by molar-refractivity contribution is -0.142. The second-order valence-corrected chi connectivity index (χ2v) is 9.64. The van der Waals surface area contributed by atoms with E-state index in [0.717, 1.165) is 32.1 Å². The lowest BCUT2D eigenvalue weighted by Gasteiger charge is -2.43. The molecule has 3 aliphatic rings. The minimum atomic E-state index is -0.513. The highest BCUT2D eigenvalue weighted by Crippen LogP contribution is 2.57. The number of Topliss-reactive ketones (excluding diaryl/α,β-unsaturated/α-hetero) is 2. The largest absolute Gasteiger partial charge is 0.444 e. The second kappa shape index (κ2) is 6.97. The van der Waals surface area contributed by atoms with E-state index in [-0.39, 0.29) is 23.7 Å². The van der Waals surface area contributed by atoms with Gasteiger partial charge in [0, 0.05) is 37.3 Å². The molecule has 0 N–H and O–H groups in total. The average molecular weight is 363 g/mol. The quantitative estimate of drug-likeness (QED) is 0.653. The molecule has 1 unspecified atom stereocenters. The predicted octanol–water partition coefficient (Wildman–Crippen LogP) is 3.99. The Morgan fingerprint density at radius 1 is 1.15 bits per heavy atom. The number of ketones is 2. The van der Waals surface area contributed by atoms with Crippen molar-refractivity contribution in [3.05, 3.63) is 0 Å². The molecule has 0 radical (unpaired) electrons. The summed E-state index contributed by atoms with van der Waals surface area (Å²) in [5, 5.41) is 0. The van der Waals surface area contributed by atoms with Crippen LogP contribution in [-0.4, -0.2) is 41.3 Å². The van der Waals surface area contributed by atoms with Gasteiger partial charge in [0.05, 0.1) is 0 Å². The SMILES string of the molecule is C[C@H]1CC(=O)[C@]23CCCN(C(=O)OC(C)(C)C)CCCC2C(=O)C[C@@H]3C1. The molecule has 0 aromatic rings. The van der Waals surface area contributed by atoms with E-state index >= 15 is 0 Å². The van der Waals surface area contributed by atoms with E-state index in [4.69, 9.17) is 4.74 Å². The molecule has 1 heterocycles. The minimum Gasteiger partial charge on any atom is -0.444 e. The Balaban J connectivity index is 1.78. The lowest BCUT2D eigenvalue weighted by Crippen LogP contribution is -2.46. The van der Waals surface area contributed by atoms with Crippen LogP contribution in [0.2, 0.25) is 0 Å². The first kappa shape index (κ1) is 19.4. The Kier molecular flexibility index (Phi) is 5.19. The summed E-state index contributed by atoms with van der Waals surface area (Å²) < 4.78 is 5.52. The maximum absolute atomic E-state index is 13.1. The van der Waals surface area contributed by atoms with Gasteiger partial charge < -0.3 is 9.64 Å². The summed E-state index contributed by atoms with van der Waals surface area (Å²) >= 11 is 0. The van der Waals surface area contributed by atoms with Gasteiger partial charge in [-0.1, -0.05) is 6.92 Å². The molecular weight excluding hydrogens is 330 g/mol. The Bertz CT molecular complexity index is 593. The van der Waals surface area contributed by atoms with Crippen LogP contribution in [0.3, 0.4) is 0 Å². The van der Waals surface area contributed by atoms with Gasteiger partial charge in [-0.25, -0.2) is 4.79 Å². The molecular formula is C21H33NO4. The van der Waals surface area contributed by atoms with Gasteiger partial charge in [0.25, 0.3) is 0 Å². The zero-order chi connectivity index (χ0) is 19.1. The van der Waals surface area contributed by atoms with Crippen LogP contribution in [-0.2, 0) is 14.3 Å². The Morgan fingerprint density at radius 3 is 2.54 bits per heavy atom. The third-order valence-corrected chi connectivity index (χ3v) is 6.52. The highest BCUT2D eigenvalue weighted by Gasteiger charge is 2.60. The molecule has 1 amide bonds. The summed E-state index contributed by atoms with van der Waals surface area (Å²) in [7, 11) is 0. The highest BCUT2D eigenvalue weighted by atomic mass is 16.6. The molecule has 0 aromatic carbocycles. The summed E-state index contributed by atoms with van der Waals surface area (Å²) in [6.45, 7) is 8.94. The number of hydrogen-bond acceptors (Lipinski definition) is 4. The number of nitrogens with zero attached hydrogens (tertiary/aromatic N) is 1. The van der Waals surface area contributed by atoms with Gasteiger partial charge in [0.15, 0.2) is 0 Å². The molecule has 3 fully saturated rings. The van der Waals surface area contributed by atoms with E-state index in [0.29, 0.717) is 37.6 Å². The van der Waals surface area contributed by atoms with Crippen LogP contribution in [0.15, 0.2) is 0 Å². The van der Waals surface area contributed by atoms with Crippen molar-refractivity contribution in [2.45, 2.75) is 78.2 Å². The molecule has 3 rings (SSSR count). The average Bonchev–Trinajstić information content (AvgIpc) is 2.81. The Hall–Kier alpha value is -1.39. The fourth-order valence-electron chi connectivity index (χ4n) is 5.54. The number of carbonyl (C=O) groups is 3. The molecule has 1 aliphatic heterocycles. The lowest BCUT2D eigenvalue weighted by atomic mass is 9.58. The molecule has 1 spiro atoms. The van der Waals surface area contributed by atoms with Crippen LogP contribution in [0.1, 0.15) is 72.6 Å². The van der Waals surface area contributed by atoms with Crippen molar-refractivity contribution in [1.29, 1.82) is 0 Å². The fraction of sp³-hybridized carbons (Fsp3) is 0.857. The monoisotopic (exact) mass is 363 g/mol. The smallest absolute Gasteiger partial charge is 0.410 e. The molecule has 146 valence electrons. The zero-order valence-corrected chi connectivity index (χ0v) is 16.7. The van der Waals surface area contributed by atoms with Crippen molar-refractivity contribution in [3.63, 3.8) is 0 Å². The number of hydrogen-bond donors (Lipinski definition) is 0. The van der Waals surface area contributed by atoms with Crippen LogP contribution >= 0.6 is 0 Å². The van der Waals surface area contributed by atoms with Crippen LogP contribution in [0, 0.1) is 23.2 Å². The van der Waals surface area contributed by atoms with Gasteiger partial charge in [-0.15, -0.1) is 0 Å². The summed E-state index contributed by atoms with van der Waals surface area (Å²) in [5.74, 6) is 1.05. The first-order valence-electron chi connectivity index (χ1n) is 10.2. The second-order valence-electron chi connectivity index (χ2n) is 9.64. The van der Waals surface area contributed by atoms with Gasteiger partial charge in [-0.3, -0.25) is 9.59 Å². The fourth-order valence-corrected chi connectivity index (χ4v) is 5.54. The topological polar surface area (TPSA) is 63.7 Å². The number of rotatable bonds is 0. The van der Waals surface area contributed by atoms with Crippen molar-refractivity contribution < 1.29 is 19.1 Å². The van der Waals surface area contributed by atoms with Gasteiger partial charge in [-0.2, -0.15) is 0 Å². The van der Waals surface area contributed by atoms with Crippen molar-refractivity contribution in [2.75, 3.05) is 13.1 Å². The van der Waals surface area contributed by atoms with E-state index in [9.17, 15) is 14.4 Å². The maximum Gasteiger partial charge on any atom is 0.410 e. The van der Waals surface area contributed by atoms with Gasteiger partial charge >= 0.3 is 6.09 Å². The summed E-state index contributed by atoms with van der Waals surface area (Å²) in [6, 6.07) is 0. The number of carbonyl (C=O) groups excluding carboxylic acids is 3. The van der Waals surface area contributed by atoms with Gasteiger partial charge in [0.1, 0.15) is 17.2 Å². The molecule has 0 bridgehead atoms. The normalized spacial score (nSPS) is 35.8. The predicted molar refractivity (Wildman–Crippen MR) is 98.7 cm³/mol. The summed E-state index contributed by atoms with van der Waals surface area (Å²) in [6.07, 6.45) is 4.87. The van der Waals surface area contributed by atoms with Crippen LogP contribution in [0.5, 0.6) is 0 Å². The van der Waals surface area contributed by atoms with E-state index < -0.39 is 11.0 Å². The third kappa shape index (κ3) is 3.54. The Morgan fingerprint density at radius 2 is 1.85 bits per heavy atom. The number of ether oxygens (including phenoxy) is 1. The van der Waals surface area contributed by atoms with E-state index in [1.807, 2.05) is 20.8 Å². The molecule has 2 saturated carbocycles. The molecule has 5 nitrogen and oxygen atoms in total. The molecule has 1 saturated heterocycles. The van der Waals surface area contributed by atoms with Crippen LogP contribution in [0.4, 0.5) is 4.79 Å².